The molecule has 8 heteroatoms. The van der Waals surface area contributed by atoms with E-state index in [1.165, 1.54) is 12.1 Å². The predicted octanol–water partition coefficient (Wildman–Crippen LogP) is 2.34. The summed E-state index contributed by atoms with van der Waals surface area (Å²) in [7, 11) is 1.59. The molecule has 130 valence electrons. The summed E-state index contributed by atoms with van der Waals surface area (Å²) in [6, 6.07) is 9.95. The van der Waals surface area contributed by atoms with Crippen LogP contribution in [0.3, 0.4) is 0 Å². The third kappa shape index (κ3) is 3.63. The Balaban J connectivity index is 1.61. The van der Waals surface area contributed by atoms with E-state index in [1.54, 1.807) is 13.1 Å². The molecule has 0 aromatic heterocycles. The first-order chi connectivity index (χ1) is 12.1. The van der Waals surface area contributed by atoms with Crippen LogP contribution in [0, 0.1) is 10.1 Å². The zero-order chi connectivity index (χ0) is 17.8. The molecule has 25 heavy (non-hydrogen) atoms. The summed E-state index contributed by atoms with van der Waals surface area (Å²) in [5, 5.41) is 16.6. The van der Waals surface area contributed by atoms with E-state index in [0.29, 0.717) is 30.2 Å². The van der Waals surface area contributed by atoms with Crippen LogP contribution in [0.4, 0.5) is 11.4 Å². The maximum absolute atomic E-state index is 12.2. The molecule has 1 aliphatic rings. The summed E-state index contributed by atoms with van der Waals surface area (Å²) in [6.07, 6.45) is 0.610. The standard InChI is InChI=1S/C17H17N3O5/c1-18-13-4-3-12(9-14(13)20(22)23)17(21)19-7-6-11-2-5-15-16(8-11)25-10-24-15/h2-5,8-9,18H,6-7,10H2,1H3,(H,19,21). The van der Waals surface area contributed by atoms with Crippen molar-refractivity contribution >= 4 is 17.3 Å². The maximum Gasteiger partial charge on any atom is 0.293 e. The number of fused-ring (bicyclic) bond motifs is 1. The van der Waals surface area contributed by atoms with Crippen LogP contribution in [0.5, 0.6) is 11.5 Å². The van der Waals surface area contributed by atoms with Crippen LogP contribution in [0.25, 0.3) is 0 Å². The largest absolute Gasteiger partial charge is 0.454 e. The first-order valence-corrected chi connectivity index (χ1v) is 7.71. The number of nitro benzene ring substituents is 1. The quantitative estimate of drug-likeness (QED) is 0.616. The number of hydrogen-bond acceptors (Lipinski definition) is 6. The lowest BCUT2D eigenvalue weighted by molar-refractivity contribution is -0.384. The van der Waals surface area contributed by atoms with Gasteiger partial charge in [0.2, 0.25) is 6.79 Å². The highest BCUT2D eigenvalue weighted by Crippen LogP contribution is 2.32. The summed E-state index contributed by atoms with van der Waals surface area (Å²) in [6.45, 7) is 0.622. The normalized spacial score (nSPS) is 11.9. The van der Waals surface area contributed by atoms with E-state index in [0.717, 1.165) is 5.56 Å². The summed E-state index contributed by atoms with van der Waals surface area (Å²) < 4.78 is 10.6. The molecule has 0 radical (unpaired) electrons. The number of anilines is 1. The van der Waals surface area contributed by atoms with Crippen molar-refractivity contribution in [3.63, 3.8) is 0 Å². The second-order valence-electron chi connectivity index (χ2n) is 5.43. The van der Waals surface area contributed by atoms with Gasteiger partial charge in [-0.25, -0.2) is 0 Å². The van der Waals surface area contributed by atoms with Crippen LogP contribution in [-0.4, -0.2) is 31.2 Å². The number of carbonyl (C=O) groups excluding carboxylic acids is 1. The van der Waals surface area contributed by atoms with Crippen molar-refractivity contribution in [2.45, 2.75) is 6.42 Å². The predicted molar refractivity (Wildman–Crippen MR) is 91.2 cm³/mol. The number of nitrogens with one attached hydrogen (secondary N) is 2. The number of nitrogens with zero attached hydrogens (tertiary/aromatic N) is 1. The highest BCUT2D eigenvalue weighted by atomic mass is 16.7. The van der Waals surface area contributed by atoms with E-state index >= 15 is 0 Å². The Labute approximate surface area is 143 Å². The van der Waals surface area contributed by atoms with E-state index in [9.17, 15) is 14.9 Å². The van der Waals surface area contributed by atoms with E-state index in [-0.39, 0.29) is 24.0 Å². The van der Waals surface area contributed by atoms with Crippen LogP contribution in [0.15, 0.2) is 36.4 Å². The summed E-state index contributed by atoms with van der Waals surface area (Å²) in [4.78, 5) is 22.7. The monoisotopic (exact) mass is 343 g/mol. The fraction of sp³-hybridized carbons (Fsp3) is 0.235. The average Bonchev–Trinajstić information content (AvgIpc) is 3.08. The Morgan fingerprint density at radius 1 is 1.20 bits per heavy atom. The van der Waals surface area contributed by atoms with Crippen molar-refractivity contribution < 1.29 is 19.2 Å². The van der Waals surface area contributed by atoms with E-state index in [2.05, 4.69) is 10.6 Å². The van der Waals surface area contributed by atoms with Crippen LogP contribution in [0.2, 0.25) is 0 Å². The van der Waals surface area contributed by atoms with Crippen LogP contribution in [-0.2, 0) is 6.42 Å². The number of nitro groups is 1. The van der Waals surface area contributed by atoms with Gasteiger partial charge in [0.25, 0.3) is 11.6 Å². The number of amides is 1. The second kappa shape index (κ2) is 7.08. The van der Waals surface area contributed by atoms with Gasteiger partial charge in [0.05, 0.1) is 4.92 Å². The van der Waals surface area contributed by atoms with Crippen molar-refractivity contribution in [2.24, 2.45) is 0 Å². The molecule has 8 nitrogen and oxygen atoms in total. The molecule has 0 saturated heterocycles. The molecular weight excluding hydrogens is 326 g/mol. The average molecular weight is 343 g/mol. The van der Waals surface area contributed by atoms with Crippen molar-refractivity contribution in [3.05, 3.63) is 57.6 Å². The molecule has 1 amide bonds. The molecule has 2 aromatic carbocycles. The molecule has 2 N–H and O–H groups in total. The summed E-state index contributed by atoms with van der Waals surface area (Å²) in [5.74, 6) is 1.05. The minimum absolute atomic E-state index is 0.133. The molecule has 0 fully saturated rings. The van der Waals surface area contributed by atoms with E-state index in [1.807, 2.05) is 18.2 Å². The minimum atomic E-state index is -0.519. The van der Waals surface area contributed by atoms with Gasteiger partial charge in [0.15, 0.2) is 11.5 Å². The van der Waals surface area contributed by atoms with Gasteiger partial charge in [-0.2, -0.15) is 0 Å². The first-order valence-electron chi connectivity index (χ1n) is 7.71. The lowest BCUT2D eigenvalue weighted by atomic mass is 10.1. The van der Waals surface area contributed by atoms with Crippen molar-refractivity contribution in [3.8, 4) is 11.5 Å². The zero-order valence-corrected chi connectivity index (χ0v) is 13.6. The third-order valence-corrected chi connectivity index (χ3v) is 3.86. The molecule has 2 aromatic rings. The molecule has 0 saturated carbocycles. The Morgan fingerprint density at radius 3 is 2.76 bits per heavy atom. The minimum Gasteiger partial charge on any atom is -0.454 e. The van der Waals surface area contributed by atoms with Gasteiger partial charge < -0.3 is 20.1 Å². The number of hydrogen-bond donors (Lipinski definition) is 2. The van der Waals surface area contributed by atoms with Gasteiger partial charge >= 0.3 is 0 Å². The molecule has 0 atom stereocenters. The highest BCUT2D eigenvalue weighted by Gasteiger charge is 2.17. The Kier molecular flexibility index (Phi) is 4.69. The number of rotatable bonds is 6. The highest BCUT2D eigenvalue weighted by molar-refractivity contribution is 5.95. The topological polar surface area (TPSA) is 103 Å². The smallest absolute Gasteiger partial charge is 0.293 e. The van der Waals surface area contributed by atoms with Gasteiger partial charge in [-0.1, -0.05) is 6.07 Å². The lowest BCUT2D eigenvalue weighted by Gasteiger charge is -2.08. The first kappa shape index (κ1) is 16.6. The van der Waals surface area contributed by atoms with Gasteiger partial charge in [0, 0.05) is 25.2 Å². The lowest BCUT2D eigenvalue weighted by Crippen LogP contribution is -2.25. The molecule has 1 heterocycles. The molecule has 0 bridgehead atoms. The number of carbonyl (C=O) groups is 1. The third-order valence-electron chi connectivity index (χ3n) is 3.86. The SMILES string of the molecule is CNc1ccc(C(=O)NCCc2ccc3c(c2)OCO3)cc1[N+](=O)[O-]. The molecule has 0 aliphatic carbocycles. The van der Waals surface area contributed by atoms with Gasteiger partial charge in [-0.15, -0.1) is 0 Å². The molecule has 1 aliphatic heterocycles. The Morgan fingerprint density at radius 2 is 2.00 bits per heavy atom. The van der Waals surface area contributed by atoms with Crippen LogP contribution >= 0.6 is 0 Å². The van der Waals surface area contributed by atoms with Crippen LogP contribution in [0.1, 0.15) is 15.9 Å². The fourth-order valence-corrected chi connectivity index (χ4v) is 2.55. The molecular formula is C17H17N3O5. The fourth-order valence-electron chi connectivity index (χ4n) is 2.55. The number of benzene rings is 2. The zero-order valence-electron chi connectivity index (χ0n) is 13.6. The maximum atomic E-state index is 12.2. The Hall–Kier alpha value is -3.29. The van der Waals surface area contributed by atoms with Gasteiger partial charge in [-0.3, -0.25) is 14.9 Å². The van der Waals surface area contributed by atoms with E-state index in [4.69, 9.17) is 9.47 Å². The second-order valence-corrected chi connectivity index (χ2v) is 5.43. The molecule has 0 spiro atoms. The van der Waals surface area contributed by atoms with Crippen molar-refractivity contribution in [1.82, 2.24) is 5.32 Å². The van der Waals surface area contributed by atoms with Gasteiger partial charge in [-0.05, 0) is 36.2 Å². The Bertz CT molecular complexity index is 822. The molecule has 0 unspecified atom stereocenters. The van der Waals surface area contributed by atoms with E-state index < -0.39 is 4.92 Å². The number of ether oxygens (including phenoxy) is 2. The van der Waals surface area contributed by atoms with Crippen molar-refractivity contribution in [2.75, 3.05) is 25.7 Å². The molecule has 3 rings (SSSR count). The van der Waals surface area contributed by atoms with Crippen LogP contribution < -0.4 is 20.1 Å². The van der Waals surface area contributed by atoms with Crippen molar-refractivity contribution in [1.29, 1.82) is 0 Å². The van der Waals surface area contributed by atoms with Gasteiger partial charge in [0.1, 0.15) is 5.69 Å². The summed E-state index contributed by atoms with van der Waals surface area (Å²) in [5.41, 5.74) is 1.48. The summed E-state index contributed by atoms with van der Waals surface area (Å²) >= 11 is 0.